The standard InChI is InChI=1S/C24H24ClNO5/c1-14(2)18-12-19(25)15(3)10-22(18)30-13-17-5-7-21(31-17)24(27)26-16-4-6-20-23(11-16)29-9-8-28-20/h4-7,10-12,14H,8-9,13H2,1-3H3,(H,26,27). The summed E-state index contributed by atoms with van der Waals surface area (Å²) in [5, 5.41) is 3.52. The predicted molar refractivity (Wildman–Crippen MR) is 119 cm³/mol. The molecule has 31 heavy (non-hydrogen) atoms. The van der Waals surface area contributed by atoms with Crippen LogP contribution in [0, 0.1) is 6.92 Å². The average Bonchev–Trinajstić information content (AvgIpc) is 3.23. The van der Waals surface area contributed by atoms with Crippen molar-refractivity contribution in [3.05, 3.63) is 70.1 Å². The molecular weight excluding hydrogens is 418 g/mol. The van der Waals surface area contributed by atoms with Gasteiger partial charge in [0.25, 0.3) is 5.91 Å². The number of hydrogen-bond acceptors (Lipinski definition) is 5. The van der Waals surface area contributed by atoms with Crippen LogP contribution in [0.2, 0.25) is 5.02 Å². The molecular formula is C24H24ClNO5. The Bertz CT molecular complexity index is 1110. The molecule has 0 bridgehead atoms. The fourth-order valence-corrected chi connectivity index (χ4v) is 3.46. The largest absolute Gasteiger partial charge is 0.486 e. The number of carbonyl (C=O) groups excluding carboxylic acids is 1. The van der Waals surface area contributed by atoms with Gasteiger partial charge in [-0.2, -0.15) is 0 Å². The number of anilines is 1. The van der Waals surface area contributed by atoms with Crippen LogP contribution in [0.3, 0.4) is 0 Å². The number of furan rings is 1. The second-order valence-corrected chi connectivity index (χ2v) is 8.07. The number of amides is 1. The third-order valence-electron chi connectivity index (χ3n) is 4.97. The summed E-state index contributed by atoms with van der Waals surface area (Å²) in [4.78, 5) is 12.6. The maximum Gasteiger partial charge on any atom is 0.291 e. The summed E-state index contributed by atoms with van der Waals surface area (Å²) in [5.74, 6) is 2.69. The molecule has 0 fully saturated rings. The van der Waals surface area contributed by atoms with E-state index in [4.69, 9.17) is 30.2 Å². The number of carbonyl (C=O) groups is 1. The zero-order valence-corrected chi connectivity index (χ0v) is 18.4. The number of halogens is 1. The lowest BCUT2D eigenvalue weighted by Crippen LogP contribution is -2.16. The number of nitrogens with one attached hydrogen (secondary N) is 1. The first kappa shape index (κ1) is 21.1. The van der Waals surface area contributed by atoms with Crippen LogP contribution < -0.4 is 19.5 Å². The molecule has 0 saturated carbocycles. The van der Waals surface area contributed by atoms with Crippen molar-refractivity contribution in [1.82, 2.24) is 0 Å². The molecule has 1 amide bonds. The van der Waals surface area contributed by atoms with E-state index in [1.807, 2.05) is 19.1 Å². The Balaban J connectivity index is 1.42. The van der Waals surface area contributed by atoms with Gasteiger partial charge in [0, 0.05) is 16.8 Å². The molecule has 0 aliphatic carbocycles. The lowest BCUT2D eigenvalue weighted by Gasteiger charge is -2.18. The molecule has 7 heteroatoms. The molecule has 0 spiro atoms. The molecule has 0 atom stereocenters. The Morgan fingerprint density at radius 2 is 1.87 bits per heavy atom. The van der Waals surface area contributed by atoms with E-state index in [0.29, 0.717) is 41.2 Å². The van der Waals surface area contributed by atoms with E-state index in [9.17, 15) is 4.79 Å². The zero-order chi connectivity index (χ0) is 22.0. The average molecular weight is 442 g/mol. The minimum atomic E-state index is -0.354. The molecule has 162 valence electrons. The Kier molecular flexibility index (Phi) is 6.09. The fraction of sp³-hybridized carbons (Fsp3) is 0.292. The van der Waals surface area contributed by atoms with Crippen molar-refractivity contribution in [2.24, 2.45) is 0 Å². The van der Waals surface area contributed by atoms with Gasteiger partial charge in [-0.15, -0.1) is 0 Å². The second-order valence-electron chi connectivity index (χ2n) is 7.66. The maximum atomic E-state index is 12.6. The quantitative estimate of drug-likeness (QED) is 0.510. The number of hydrogen-bond donors (Lipinski definition) is 1. The number of aryl methyl sites for hydroxylation is 1. The van der Waals surface area contributed by atoms with E-state index in [0.717, 1.165) is 16.9 Å². The van der Waals surface area contributed by atoms with Gasteiger partial charge in [0.1, 0.15) is 31.3 Å². The van der Waals surface area contributed by atoms with Crippen molar-refractivity contribution in [3.63, 3.8) is 0 Å². The third kappa shape index (κ3) is 4.80. The first-order chi connectivity index (χ1) is 14.9. The van der Waals surface area contributed by atoms with Crippen molar-refractivity contribution in [2.75, 3.05) is 18.5 Å². The molecule has 1 N–H and O–H groups in total. The highest BCUT2D eigenvalue weighted by molar-refractivity contribution is 6.31. The van der Waals surface area contributed by atoms with E-state index in [2.05, 4.69) is 19.2 Å². The molecule has 4 rings (SSSR count). The normalized spacial score (nSPS) is 12.7. The van der Waals surface area contributed by atoms with E-state index < -0.39 is 0 Å². The molecule has 2 heterocycles. The van der Waals surface area contributed by atoms with E-state index in [-0.39, 0.29) is 24.2 Å². The van der Waals surface area contributed by atoms with Gasteiger partial charge in [-0.25, -0.2) is 0 Å². The van der Waals surface area contributed by atoms with E-state index >= 15 is 0 Å². The molecule has 1 aliphatic rings. The van der Waals surface area contributed by atoms with Crippen LogP contribution in [0.15, 0.2) is 46.9 Å². The van der Waals surface area contributed by atoms with Crippen molar-refractivity contribution < 1.29 is 23.4 Å². The second kappa shape index (κ2) is 8.94. The molecule has 2 aromatic carbocycles. The van der Waals surface area contributed by atoms with Crippen molar-refractivity contribution in [2.45, 2.75) is 33.3 Å². The number of rotatable bonds is 6. The molecule has 3 aromatic rings. The molecule has 0 saturated heterocycles. The topological polar surface area (TPSA) is 69.9 Å². The molecule has 1 aliphatic heterocycles. The Morgan fingerprint density at radius 1 is 1.10 bits per heavy atom. The summed E-state index contributed by atoms with van der Waals surface area (Å²) in [6.45, 7) is 7.31. The number of fused-ring (bicyclic) bond motifs is 1. The first-order valence-corrected chi connectivity index (χ1v) is 10.5. The van der Waals surface area contributed by atoms with Gasteiger partial charge in [0.15, 0.2) is 17.3 Å². The zero-order valence-electron chi connectivity index (χ0n) is 17.7. The lowest BCUT2D eigenvalue weighted by atomic mass is 10.0. The summed E-state index contributed by atoms with van der Waals surface area (Å²) in [7, 11) is 0. The summed E-state index contributed by atoms with van der Waals surface area (Å²) in [6, 6.07) is 12.5. The smallest absolute Gasteiger partial charge is 0.291 e. The van der Waals surface area contributed by atoms with E-state index in [1.165, 1.54) is 0 Å². The van der Waals surface area contributed by atoms with Gasteiger partial charge in [-0.3, -0.25) is 4.79 Å². The maximum absolute atomic E-state index is 12.6. The monoisotopic (exact) mass is 441 g/mol. The Morgan fingerprint density at radius 3 is 2.65 bits per heavy atom. The van der Waals surface area contributed by atoms with Crippen LogP contribution in [0.25, 0.3) is 0 Å². The Hall–Kier alpha value is -3.12. The predicted octanol–water partition coefficient (Wildman–Crippen LogP) is 5.97. The molecule has 1 aromatic heterocycles. The SMILES string of the molecule is Cc1cc(OCc2ccc(C(=O)Nc3ccc4c(c3)OCCO4)o2)c(C(C)C)cc1Cl. The highest BCUT2D eigenvalue weighted by Gasteiger charge is 2.16. The van der Waals surface area contributed by atoms with Gasteiger partial charge < -0.3 is 23.9 Å². The third-order valence-corrected chi connectivity index (χ3v) is 5.38. The summed E-state index contributed by atoms with van der Waals surface area (Å²) < 4.78 is 22.7. The number of ether oxygens (including phenoxy) is 3. The Labute approximate surface area is 186 Å². The number of benzene rings is 2. The summed E-state index contributed by atoms with van der Waals surface area (Å²) in [6.07, 6.45) is 0. The minimum Gasteiger partial charge on any atom is -0.486 e. The summed E-state index contributed by atoms with van der Waals surface area (Å²) >= 11 is 6.26. The first-order valence-electron chi connectivity index (χ1n) is 10.1. The van der Waals surface area contributed by atoms with Gasteiger partial charge in [-0.05, 0) is 60.4 Å². The highest BCUT2D eigenvalue weighted by Crippen LogP contribution is 2.34. The molecule has 6 nitrogen and oxygen atoms in total. The minimum absolute atomic E-state index is 0.199. The van der Waals surface area contributed by atoms with Crippen LogP contribution in [0.5, 0.6) is 17.2 Å². The van der Waals surface area contributed by atoms with Gasteiger partial charge in [0.05, 0.1) is 0 Å². The molecule has 0 radical (unpaired) electrons. The van der Waals surface area contributed by atoms with Crippen molar-refractivity contribution >= 4 is 23.2 Å². The van der Waals surface area contributed by atoms with Crippen LogP contribution in [0.4, 0.5) is 5.69 Å². The fourth-order valence-electron chi connectivity index (χ4n) is 3.29. The lowest BCUT2D eigenvalue weighted by molar-refractivity contribution is 0.0992. The van der Waals surface area contributed by atoms with Crippen LogP contribution in [-0.2, 0) is 6.61 Å². The van der Waals surface area contributed by atoms with Crippen LogP contribution in [0.1, 0.15) is 47.2 Å². The molecule has 0 unspecified atom stereocenters. The van der Waals surface area contributed by atoms with Crippen molar-refractivity contribution in [3.8, 4) is 17.2 Å². The van der Waals surface area contributed by atoms with Gasteiger partial charge >= 0.3 is 0 Å². The van der Waals surface area contributed by atoms with Gasteiger partial charge in [-0.1, -0.05) is 25.4 Å². The van der Waals surface area contributed by atoms with E-state index in [1.54, 1.807) is 30.3 Å². The van der Waals surface area contributed by atoms with Crippen LogP contribution in [-0.4, -0.2) is 19.1 Å². The highest BCUT2D eigenvalue weighted by atomic mass is 35.5. The van der Waals surface area contributed by atoms with Crippen molar-refractivity contribution in [1.29, 1.82) is 0 Å². The summed E-state index contributed by atoms with van der Waals surface area (Å²) in [5.41, 5.74) is 2.57. The van der Waals surface area contributed by atoms with Crippen LogP contribution >= 0.6 is 11.6 Å². The van der Waals surface area contributed by atoms with Gasteiger partial charge in [0.2, 0.25) is 0 Å².